The number of anilines is 1. The number of Topliss-reactive ketones (excluding diaryl/α,β-unsaturated/α-hetero) is 1. The summed E-state index contributed by atoms with van der Waals surface area (Å²) in [7, 11) is 3.13. The van der Waals surface area contributed by atoms with Crippen LogP contribution < -0.4 is 20.5 Å². The predicted octanol–water partition coefficient (Wildman–Crippen LogP) is 4.82. The van der Waals surface area contributed by atoms with Crippen LogP contribution >= 0.6 is 11.6 Å². The Morgan fingerprint density at radius 3 is 2.43 bits per heavy atom. The van der Waals surface area contributed by atoms with Gasteiger partial charge in [0.2, 0.25) is 0 Å². The number of halogens is 1. The van der Waals surface area contributed by atoms with Crippen LogP contribution in [0.2, 0.25) is 5.02 Å². The highest BCUT2D eigenvalue weighted by Crippen LogP contribution is 2.29. The number of hydrogen-bond donors (Lipinski definition) is 2. The van der Waals surface area contributed by atoms with Crippen molar-refractivity contribution in [2.45, 2.75) is 38.5 Å². The van der Waals surface area contributed by atoms with Gasteiger partial charge < -0.3 is 25.4 Å². The molecule has 8 heteroatoms. The summed E-state index contributed by atoms with van der Waals surface area (Å²) < 4.78 is 10.4. The van der Waals surface area contributed by atoms with Crippen molar-refractivity contribution in [3.63, 3.8) is 0 Å². The molecule has 35 heavy (non-hydrogen) atoms. The number of piperidine rings is 1. The van der Waals surface area contributed by atoms with Crippen LogP contribution in [0.25, 0.3) is 0 Å². The van der Waals surface area contributed by atoms with E-state index in [4.69, 9.17) is 26.8 Å². The number of ketones is 1. The Balaban J connectivity index is 1.30. The van der Waals surface area contributed by atoms with Gasteiger partial charge in [-0.25, -0.2) is 0 Å². The van der Waals surface area contributed by atoms with E-state index in [0.29, 0.717) is 40.9 Å². The van der Waals surface area contributed by atoms with Gasteiger partial charge in [0.15, 0.2) is 5.78 Å². The van der Waals surface area contributed by atoms with Crippen molar-refractivity contribution in [1.29, 1.82) is 0 Å². The molecule has 1 amide bonds. The monoisotopic (exact) mass is 501 g/mol. The van der Waals surface area contributed by atoms with Gasteiger partial charge in [-0.1, -0.05) is 18.0 Å². The molecule has 0 atom stereocenters. The molecular weight excluding hydrogens is 466 g/mol. The second-order valence-corrected chi connectivity index (χ2v) is 9.44. The molecule has 1 heterocycles. The molecule has 1 fully saturated rings. The van der Waals surface area contributed by atoms with Crippen molar-refractivity contribution in [2.75, 3.05) is 46.1 Å². The van der Waals surface area contributed by atoms with Gasteiger partial charge >= 0.3 is 0 Å². The lowest BCUT2D eigenvalue weighted by Crippen LogP contribution is -2.39. The van der Waals surface area contributed by atoms with Crippen molar-refractivity contribution in [3.05, 3.63) is 52.5 Å². The number of amides is 1. The first-order chi connectivity index (χ1) is 16.9. The average molecular weight is 502 g/mol. The lowest BCUT2D eigenvalue weighted by molar-refractivity contribution is 0.0932. The zero-order valence-corrected chi connectivity index (χ0v) is 21.4. The fourth-order valence-electron chi connectivity index (χ4n) is 4.38. The molecule has 1 aliphatic heterocycles. The Morgan fingerprint density at radius 1 is 1.06 bits per heavy atom. The summed E-state index contributed by atoms with van der Waals surface area (Å²) >= 11 is 6.08. The first-order valence-electron chi connectivity index (χ1n) is 12.2. The van der Waals surface area contributed by atoms with E-state index in [-0.39, 0.29) is 11.7 Å². The summed E-state index contributed by atoms with van der Waals surface area (Å²) in [5.41, 5.74) is 7.33. The lowest BCUT2D eigenvalue weighted by atomic mass is 9.96. The van der Waals surface area contributed by atoms with E-state index >= 15 is 0 Å². The van der Waals surface area contributed by atoms with E-state index in [9.17, 15) is 9.59 Å². The van der Waals surface area contributed by atoms with E-state index in [1.807, 2.05) is 24.3 Å². The molecule has 0 saturated carbocycles. The smallest absolute Gasteiger partial charge is 0.255 e. The number of rotatable bonds is 12. The zero-order valence-electron chi connectivity index (χ0n) is 20.6. The molecule has 0 unspecified atom stereocenters. The van der Waals surface area contributed by atoms with Gasteiger partial charge in [-0.15, -0.1) is 0 Å². The van der Waals surface area contributed by atoms with Crippen LogP contribution in [0, 0.1) is 5.92 Å². The number of nitrogens with one attached hydrogen (secondary N) is 1. The third-order valence-corrected chi connectivity index (χ3v) is 6.94. The number of methoxy groups -OCH3 is 2. The Morgan fingerprint density at radius 2 is 1.77 bits per heavy atom. The maximum atomic E-state index is 12.6. The molecule has 3 rings (SSSR count). The standard InChI is InChI=1S/C27H36ClN3O4/c1-34-21-9-7-20(8-10-21)25(32)6-4-3-5-13-31-14-11-19(12-15-31)18-30-27(33)22-16-23(28)24(29)17-26(22)35-2/h7-10,16-17,19H,3-6,11-15,18,29H2,1-2H3,(H,30,33). The molecule has 3 N–H and O–H groups in total. The molecule has 0 aromatic heterocycles. The summed E-state index contributed by atoms with van der Waals surface area (Å²) in [6, 6.07) is 10.4. The van der Waals surface area contributed by atoms with Gasteiger partial charge in [0, 0.05) is 24.6 Å². The Hall–Kier alpha value is -2.77. The minimum absolute atomic E-state index is 0.189. The fourth-order valence-corrected chi connectivity index (χ4v) is 4.54. The molecule has 2 aromatic carbocycles. The average Bonchev–Trinajstić information content (AvgIpc) is 2.89. The third-order valence-electron chi connectivity index (χ3n) is 6.61. The van der Waals surface area contributed by atoms with Crippen LogP contribution in [0.15, 0.2) is 36.4 Å². The van der Waals surface area contributed by atoms with Crippen LogP contribution in [-0.4, -0.2) is 57.0 Å². The number of unbranched alkanes of at least 4 members (excludes halogenated alkanes) is 2. The number of nitrogens with two attached hydrogens (primary N) is 1. The number of carbonyl (C=O) groups excluding carboxylic acids is 2. The van der Waals surface area contributed by atoms with Crippen LogP contribution in [-0.2, 0) is 0 Å². The molecular formula is C27H36ClN3O4. The Bertz CT molecular complexity index is 989. The fraction of sp³-hybridized carbons (Fsp3) is 0.481. The summed E-state index contributed by atoms with van der Waals surface area (Å²) in [6.07, 6.45) is 5.73. The van der Waals surface area contributed by atoms with E-state index in [2.05, 4.69) is 10.2 Å². The second kappa shape index (κ2) is 13.4. The maximum Gasteiger partial charge on any atom is 0.255 e. The molecule has 0 radical (unpaired) electrons. The third kappa shape index (κ3) is 7.87. The molecule has 1 saturated heterocycles. The highest BCUT2D eigenvalue weighted by Gasteiger charge is 2.21. The minimum atomic E-state index is -0.199. The molecule has 0 spiro atoms. The lowest BCUT2D eigenvalue weighted by Gasteiger charge is -2.32. The highest BCUT2D eigenvalue weighted by molar-refractivity contribution is 6.33. The molecule has 0 aliphatic carbocycles. The number of benzene rings is 2. The van der Waals surface area contributed by atoms with Crippen LogP contribution in [0.1, 0.15) is 59.2 Å². The largest absolute Gasteiger partial charge is 0.497 e. The molecule has 2 aromatic rings. The SMILES string of the molecule is COc1ccc(C(=O)CCCCCN2CCC(CNC(=O)c3cc(Cl)c(N)cc3OC)CC2)cc1. The number of hydrogen-bond acceptors (Lipinski definition) is 6. The van der Waals surface area contributed by atoms with Crippen molar-refractivity contribution in [2.24, 2.45) is 5.92 Å². The molecule has 7 nitrogen and oxygen atoms in total. The first-order valence-corrected chi connectivity index (χ1v) is 12.6. The van der Waals surface area contributed by atoms with Crippen molar-refractivity contribution in [1.82, 2.24) is 10.2 Å². The predicted molar refractivity (Wildman–Crippen MR) is 140 cm³/mol. The number of carbonyl (C=O) groups is 2. The topological polar surface area (TPSA) is 93.9 Å². The van der Waals surface area contributed by atoms with Gasteiger partial charge in [-0.2, -0.15) is 0 Å². The Labute approximate surface area is 212 Å². The van der Waals surface area contributed by atoms with Crippen molar-refractivity contribution in [3.8, 4) is 11.5 Å². The zero-order chi connectivity index (χ0) is 25.2. The highest BCUT2D eigenvalue weighted by atomic mass is 35.5. The van der Waals surface area contributed by atoms with Crippen LogP contribution in [0.5, 0.6) is 11.5 Å². The normalized spacial score (nSPS) is 14.5. The van der Waals surface area contributed by atoms with Gasteiger partial charge in [-0.05, 0) is 81.6 Å². The molecule has 190 valence electrons. The van der Waals surface area contributed by atoms with E-state index in [1.54, 1.807) is 19.2 Å². The summed E-state index contributed by atoms with van der Waals surface area (Å²) in [5, 5.41) is 3.36. The summed E-state index contributed by atoms with van der Waals surface area (Å²) in [5.74, 6) is 1.63. The van der Waals surface area contributed by atoms with E-state index < -0.39 is 0 Å². The van der Waals surface area contributed by atoms with Crippen LogP contribution in [0.3, 0.4) is 0 Å². The van der Waals surface area contributed by atoms with Gasteiger partial charge in [-0.3, -0.25) is 9.59 Å². The van der Waals surface area contributed by atoms with Crippen molar-refractivity contribution >= 4 is 29.0 Å². The van der Waals surface area contributed by atoms with E-state index in [0.717, 1.165) is 63.1 Å². The van der Waals surface area contributed by atoms with E-state index in [1.165, 1.54) is 7.11 Å². The van der Waals surface area contributed by atoms with Crippen molar-refractivity contribution < 1.29 is 19.1 Å². The maximum absolute atomic E-state index is 12.6. The Kier molecular flexibility index (Phi) is 10.2. The van der Waals surface area contributed by atoms with Crippen LogP contribution in [0.4, 0.5) is 5.69 Å². The molecule has 1 aliphatic rings. The number of ether oxygens (including phenoxy) is 2. The summed E-state index contributed by atoms with van der Waals surface area (Å²) in [4.78, 5) is 27.4. The van der Waals surface area contributed by atoms with Gasteiger partial charge in [0.25, 0.3) is 5.91 Å². The van der Waals surface area contributed by atoms with Gasteiger partial charge in [0.05, 0.1) is 30.5 Å². The summed E-state index contributed by atoms with van der Waals surface area (Å²) in [6.45, 7) is 3.74. The first kappa shape index (κ1) is 26.8. The number of nitrogen functional groups attached to an aromatic ring is 1. The quantitative estimate of drug-likeness (QED) is 0.246. The molecule has 0 bridgehead atoms. The second-order valence-electron chi connectivity index (χ2n) is 9.03. The number of nitrogens with zero attached hydrogens (tertiary/aromatic N) is 1. The number of likely N-dealkylation sites (tertiary alicyclic amines) is 1. The minimum Gasteiger partial charge on any atom is -0.497 e. The van der Waals surface area contributed by atoms with Gasteiger partial charge in [0.1, 0.15) is 11.5 Å².